The van der Waals surface area contributed by atoms with Crippen molar-refractivity contribution in [1.82, 2.24) is 14.7 Å². The highest BCUT2D eigenvalue weighted by molar-refractivity contribution is 6.01. The Morgan fingerprint density at radius 1 is 1.19 bits per heavy atom. The molecule has 9 nitrogen and oxygen atoms in total. The molecule has 1 aromatic heterocycles. The van der Waals surface area contributed by atoms with Crippen molar-refractivity contribution >= 4 is 23.6 Å². The van der Waals surface area contributed by atoms with E-state index in [2.05, 4.69) is 10.00 Å². The topological polar surface area (TPSA) is 80.1 Å². The number of nitrogens with zero attached hydrogens (tertiary/aromatic N) is 5. The van der Waals surface area contributed by atoms with E-state index in [4.69, 9.17) is 9.47 Å². The van der Waals surface area contributed by atoms with Crippen LogP contribution in [0.1, 0.15) is 20.8 Å². The molecule has 1 aromatic carbocycles. The van der Waals surface area contributed by atoms with Crippen LogP contribution in [0.4, 0.5) is 21.0 Å². The van der Waals surface area contributed by atoms with E-state index in [-0.39, 0.29) is 12.1 Å². The normalized spacial score (nSPS) is 15.9. The average Bonchev–Trinajstić information content (AvgIpc) is 3.19. The zero-order chi connectivity index (χ0) is 22.7. The summed E-state index contributed by atoms with van der Waals surface area (Å²) in [5.41, 5.74) is 3.04. The quantitative estimate of drug-likeness (QED) is 0.724. The predicted molar refractivity (Wildman–Crippen MR) is 120 cm³/mol. The molecule has 2 heterocycles. The van der Waals surface area contributed by atoms with Crippen LogP contribution in [0.5, 0.6) is 0 Å². The summed E-state index contributed by atoms with van der Waals surface area (Å²) in [6.07, 6.45) is 2.63. The zero-order valence-electron chi connectivity index (χ0n) is 19.0. The SMILES string of the molecule is COC(=O)N1c2ccc(-c3cnn(CCN(C)C)c3)cc2N(C(=O)OC(C)C)CC1C. The molecule has 0 saturated carbocycles. The molecule has 0 fully saturated rings. The smallest absolute Gasteiger partial charge is 0.414 e. The van der Waals surface area contributed by atoms with E-state index in [1.54, 1.807) is 16.0 Å². The first-order chi connectivity index (χ1) is 14.7. The number of methoxy groups -OCH3 is 1. The third-order valence-corrected chi connectivity index (χ3v) is 5.08. The second-order valence-electron chi connectivity index (χ2n) is 8.23. The first-order valence-electron chi connectivity index (χ1n) is 10.4. The highest BCUT2D eigenvalue weighted by Crippen LogP contribution is 2.39. The summed E-state index contributed by atoms with van der Waals surface area (Å²) in [6, 6.07) is 5.39. The molecule has 1 unspecified atom stereocenters. The lowest BCUT2D eigenvalue weighted by atomic mass is 10.0. The van der Waals surface area contributed by atoms with Crippen molar-refractivity contribution < 1.29 is 19.1 Å². The van der Waals surface area contributed by atoms with Gasteiger partial charge in [-0.05, 0) is 52.6 Å². The molecule has 168 valence electrons. The van der Waals surface area contributed by atoms with E-state index in [1.807, 2.05) is 63.9 Å². The number of benzene rings is 1. The number of amides is 2. The van der Waals surface area contributed by atoms with Gasteiger partial charge < -0.3 is 14.4 Å². The Balaban J connectivity index is 2.00. The molecule has 2 amide bonds. The van der Waals surface area contributed by atoms with Crippen molar-refractivity contribution in [2.45, 2.75) is 39.5 Å². The van der Waals surface area contributed by atoms with E-state index in [9.17, 15) is 9.59 Å². The van der Waals surface area contributed by atoms with Gasteiger partial charge in [-0.25, -0.2) is 9.59 Å². The highest BCUT2D eigenvalue weighted by atomic mass is 16.6. The molecule has 0 radical (unpaired) electrons. The molecular weight excluding hydrogens is 398 g/mol. The van der Waals surface area contributed by atoms with Crippen molar-refractivity contribution in [3.8, 4) is 11.1 Å². The largest absolute Gasteiger partial charge is 0.452 e. The number of ether oxygens (including phenoxy) is 2. The van der Waals surface area contributed by atoms with Crippen LogP contribution in [-0.2, 0) is 16.0 Å². The molecule has 0 spiro atoms. The van der Waals surface area contributed by atoms with Crippen LogP contribution >= 0.6 is 0 Å². The van der Waals surface area contributed by atoms with E-state index >= 15 is 0 Å². The van der Waals surface area contributed by atoms with Gasteiger partial charge in [0.15, 0.2) is 0 Å². The van der Waals surface area contributed by atoms with Crippen LogP contribution in [0.2, 0.25) is 0 Å². The van der Waals surface area contributed by atoms with Crippen LogP contribution in [0, 0.1) is 0 Å². The highest BCUT2D eigenvalue weighted by Gasteiger charge is 2.36. The van der Waals surface area contributed by atoms with Gasteiger partial charge >= 0.3 is 12.2 Å². The lowest BCUT2D eigenvalue weighted by Crippen LogP contribution is -2.52. The van der Waals surface area contributed by atoms with Gasteiger partial charge in [0, 0.05) is 18.3 Å². The van der Waals surface area contributed by atoms with Gasteiger partial charge in [-0.3, -0.25) is 14.5 Å². The fourth-order valence-electron chi connectivity index (χ4n) is 3.56. The molecular formula is C22H31N5O4. The molecule has 2 aromatic rings. The van der Waals surface area contributed by atoms with Gasteiger partial charge in [-0.15, -0.1) is 0 Å². The maximum Gasteiger partial charge on any atom is 0.414 e. The van der Waals surface area contributed by atoms with Crippen molar-refractivity contribution in [2.24, 2.45) is 0 Å². The Morgan fingerprint density at radius 2 is 1.94 bits per heavy atom. The molecule has 9 heteroatoms. The predicted octanol–water partition coefficient (Wildman–Crippen LogP) is 3.44. The minimum Gasteiger partial charge on any atom is -0.452 e. The summed E-state index contributed by atoms with van der Waals surface area (Å²) in [5, 5.41) is 4.44. The summed E-state index contributed by atoms with van der Waals surface area (Å²) in [7, 11) is 5.39. The Morgan fingerprint density at radius 3 is 2.58 bits per heavy atom. The number of rotatable bonds is 5. The standard InChI is InChI=1S/C22H31N5O4/c1-15(2)31-21(28)26-13-16(3)27(22(29)30-6)19-8-7-17(11-20(19)26)18-12-23-25(14-18)10-9-24(4)5/h7-8,11-12,14-16H,9-10,13H2,1-6H3. The summed E-state index contributed by atoms with van der Waals surface area (Å²) in [4.78, 5) is 30.5. The molecule has 0 saturated heterocycles. The number of anilines is 2. The van der Waals surface area contributed by atoms with E-state index in [0.717, 1.165) is 24.2 Å². The van der Waals surface area contributed by atoms with Crippen molar-refractivity contribution in [3.63, 3.8) is 0 Å². The molecule has 1 aliphatic rings. The van der Waals surface area contributed by atoms with Crippen LogP contribution in [0.15, 0.2) is 30.6 Å². The number of likely N-dealkylation sites (N-methyl/N-ethyl adjacent to an activating group) is 1. The Labute approximate surface area is 183 Å². The molecule has 3 rings (SSSR count). The van der Waals surface area contributed by atoms with Gasteiger partial charge in [0.05, 0.1) is 49.9 Å². The fourth-order valence-corrected chi connectivity index (χ4v) is 3.56. The second kappa shape index (κ2) is 9.38. The minimum absolute atomic E-state index is 0.247. The Kier molecular flexibility index (Phi) is 6.84. The van der Waals surface area contributed by atoms with E-state index < -0.39 is 12.2 Å². The maximum atomic E-state index is 12.8. The number of carbonyl (C=O) groups is 2. The summed E-state index contributed by atoms with van der Waals surface area (Å²) in [5.74, 6) is 0. The number of hydrogen-bond donors (Lipinski definition) is 0. The Bertz CT molecular complexity index is 940. The van der Waals surface area contributed by atoms with Crippen LogP contribution in [0.25, 0.3) is 11.1 Å². The molecule has 31 heavy (non-hydrogen) atoms. The monoisotopic (exact) mass is 429 g/mol. The van der Waals surface area contributed by atoms with Gasteiger partial charge in [0.2, 0.25) is 0 Å². The van der Waals surface area contributed by atoms with Gasteiger partial charge in [0.1, 0.15) is 0 Å². The van der Waals surface area contributed by atoms with E-state index in [0.29, 0.717) is 17.9 Å². The number of carbonyl (C=O) groups excluding carboxylic acids is 2. The lowest BCUT2D eigenvalue weighted by Gasteiger charge is -2.40. The van der Waals surface area contributed by atoms with Crippen LogP contribution in [0.3, 0.4) is 0 Å². The van der Waals surface area contributed by atoms with Gasteiger partial charge in [-0.1, -0.05) is 6.07 Å². The van der Waals surface area contributed by atoms with Gasteiger partial charge in [0.25, 0.3) is 0 Å². The molecule has 0 aliphatic carbocycles. The van der Waals surface area contributed by atoms with Crippen LogP contribution < -0.4 is 9.80 Å². The third kappa shape index (κ3) is 4.99. The van der Waals surface area contributed by atoms with E-state index in [1.165, 1.54) is 7.11 Å². The molecule has 0 bridgehead atoms. The molecule has 0 N–H and O–H groups in total. The first kappa shape index (κ1) is 22.6. The summed E-state index contributed by atoms with van der Waals surface area (Å²) in [6.45, 7) is 7.46. The second-order valence-corrected chi connectivity index (χ2v) is 8.23. The number of aromatic nitrogens is 2. The maximum absolute atomic E-state index is 12.8. The van der Waals surface area contributed by atoms with Crippen LogP contribution in [-0.4, -0.2) is 73.3 Å². The average molecular weight is 430 g/mol. The lowest BCUT2D eigenvalue weighted by molar-refractivity contribution is 0.121. The van der Waals surface area contributed by atoms with Gasteiger partial charge in [-0.2, -0.15) is 5.10 Å². The zero-order valence-corrected chi connectivity index (χ0v) is 19.0. The number of fused-ring (bicyclic) bond motifs is 1. The summed E-state index contributed by atoms with van der Waals surface area (Å²) < 4.78 is 12.3. The third-order valence-electron chi connectivity index (χ3n) is 5.08. The fraction of sp³-hybridized carbons (Fsp3) is 0.500. The van der Waals surface area contributed by atoms with Crippen molar-refractivity contribution in [3.05, 3.63) is 30.6 Å². The first-order valence-corrected chi connectivity index (χ1v) is 10.4. The molecule has 1 aliphatic heterocycles. The Hall–Kier alpha value is -3.07. The summed E-state index contributed by atoms with van der Waals surface area (Å²) >= 11 is 0. The molecule has 1 atom stereocenters. The number of hydrogen-bond acceptors (Lipinski definition) is 6. The van der Waals surface area contributed by atoms with Crippen molar-refractivity contribution in [1.29, 1.82) is 0 Å². The van der Waals surface area contributed by atoms with Crippen molar-refractivity contribution in [2.75, 3.05) is 44.1 Å². The minimum atomic E-state index is -0.463.